The number of halogens is 12. The number of rotatable bonds is 6. The molecule has 8 heterocycles. The maximum atomic E-state index is 13.1. The van der Waals surface area contributed by atoms with Gasteiger partial charge in [-0.3, -0.25) is 44.7 Å². The number of fused-ring (bicyclic) bond motifs is 3. The van der Waals surface area contributed by atoms with E-state index in [1.54, 1.807) is 55.4 Å². The Labute approximate surface area is 422 Å². The van der Waals surface area contributed by atoms with E-state index in [2.05, 4.69) is 45.2 Å². The van der Waals surface area contributed by atoms with Gasteiger partial charge in [0, 0.05) is 65.9 Å². The van der Waals surface area contributed by atoms with Gasteiger partial charge in [-0.05, 0) is 97.1 Å². The number of benzene rings is 1. The third kappa shape index (κ3) is 24.7. The zero-order valence-corrected chi connectivity index (χ0v) is 40.4. The third-order valence-electron chi connectivity index (χ3n) is 8.19. The first kappa shape index (κ1) is 64.4. The second-order valence-corrected chi connectivity index (χ2v) is 17.6. The van der Waals surface area contributed by atoms with Gasteiger partial charge in [-0.2, -0.15) is 0 Å². The number of pyridine rings is 8. The molecule has 8 N–H and O–H groups in total. The van der Waals surface area contributed by atoms with Crippen molar-refractivity contribution in [2.45, 2.75) is 0 Å². The molecular formula is C44H37F12N9O6P2Ru. The summed E-state index contributed by atoms with van der Waals surface area (Å²) in [6.07, 6.45) is 13.4. The molecule has 0 unspecified atom stereocenters. The Hall–Kier alpha value is -7.60. The molecule has 396 valence electrons. The number of aromatic carboxylic acids is 1. The second-order valence-electron chi connectivity index (χ2n) is 13.8. The predicted octanol–water partition coefficient (Wildman–Crippen LogP) is 12.8. The number of carboxylic acid groups (broad SMARTS) is 1. The van der Waals surface area contributed by atoms with Crippen molar-refractivity contribution < 1.29 is 101 Å². The summed E-state index contributed by atoms with van der Waals surface area (Å²) in [5.74, 6) is -1.40. The second kappa shape index (κ2) is 24.4. The summed E-state index contributed by atoms with van der Waals surface area (Å²) in [5, 5.41) is 13.8. The molecule has 74 heavy (non-hydrogen) atoms. The number of carboxylic acids is 1. The summed E-state index contributed by atoms with van der Waals surface area (Å²) < 4.78 is 118. The molecule has 0 aliphatic rings. The SMILES string of the molecule is F[P-](F)(F)(F)(F)F.F[P-](F)(F)(F)(F)F.O.O.O.O=C(O)c1ccnc(-c2cc(C(=O)Nc3cc4cccnc4c4ncccc34)ccn2)c1.[Ru+2].c1ccc(-c2ccccn2)nc1.c1ccc(-c2ccccn2)nc1. The van der Waals surface area contributed by atoms with Gasteiger partial charge in [0.1, 0.15) is 0 Å². The van der Waals surface area contributed by atoms with Crippen LogP contribution in [-0.2, 0) is 19.5 Å². The molecule has 30 heteroatoms. The van der Waals surface area contributed by atoms with E-state index in [9.17, 15) is 65.1 Å². The Morgan fingerprint density at radius 3 is 1.11 bits per heavy atom. The Bertz CT molecular complexity index is 3050. The summed E-state index contributed by atoms with van der Waals surface area (Å²) in [4.78, 5) is 58.3. The van der Waals surface area contributed by atoms with Gasteiger partial charge in [0.25, 0.3) is 5.91 Å². The Balaban J connectivity index is 0.000000539. The molecule has 15 nitrogen and oxygen atoms in total. The van der Waals surface area contributed by atoms with Crippen LogP contribution < -0.4 is 5.32 Å². The predicted molar refractivity (Wildman–Crippen MR) is 252 cm³/mol. The molecule has 0 radical (unpaired) electrons. The van der Waals surface area contributed by atoms with Gasteiger partial charge >= 0.3 is 91.4 Å². The van der Waals surface area contributed by atoms with Gasteiger partial charge in [-0.1, -0.05) is 30.3 Å². The first-order chi connectivity index (χ1) is 32.4. The fourth-order valence-electron chi connectivity index (χ4n) is 5.55. The van der Waals surface area contributed by atoms with Crippen molar-refractivity contribution in [3.8, 4) is 34.2 Å². The fourth-order valence-corrected chi connectivity index (χ4v) is 5.55. The topological polar surface area (TPSA) is 264 Å². The van der Waals surface area contributed by atoms with Crippen LogP contribution in [0.1, 0.15) is 20.7 Å². The Morgan fingerprint density at radius 1 is 0.392 bits per heavy atom. The number of nitrogens with zero attached hydrogens (tertiary/aromatic N) is 8. The van der Waals surface area contributed by atoms with Gasteiger partial charge < -0.3 is 26.9 Å². The summed E-state index contributed by atoms with van der Waals surface area (Å²) in [7, 11) is -21.3. The van der Waals surface area contributed by atoms with Crippen LogP contribution in [0.5, 0.6) is 0 Å². The van der Waals surface area contributed by atoms with Crippen molar-refractivity contribution in [1.29, 1.82) is 0 Å². The van der Waals surface area contributed by atoms with E-state index in [0.717, 1.165) is 39.1 Å². The van der Waals surface area contributed by atoms with Crippen LogP contribution in [0.25, 0.3) is 56.0 Å². The molecule has 0 saturated heterocycles. The number of nitrogens with one attached hydrogen (secondary N) is 1. The van der Waals surface area contributed by atoms with E-state index in [1.807, 2.05) is 97.1 Å². The smallest absolute Gasteiger partial charge is 0.478 e. The van der Waals surface area contributed by atoms with E-state index < -0.39 is 21.6 Å². The monoisotopic (exact) mass is 1180 g/mol. The average molecular weight is 1180 g/mol. The van der Waals surface area contributed by atoms with Crippen LogP contribution >= 0.6 is 15.6 Å². The molecule has 8 aromatic heterocycles. The quantitative estimate of drug-likeness (QED) is 0.0684. The van der Waals surface area contributed by atoms with Crippen LogP contribution in [-0.4, -0.2) is 73.3 Å². The molecule has 0 saturated carbocycles. The number of hydrogen-bond acceptors (Lipinski definition) is 10. The molecule has 0 fully saturated rings. The molecule has 1 aromatic carbocycles. The Morgan fingerprint density at radius 2 is 0.730 bits per heavy atom. The molecule has 0 aliphatic carbocycles. The molecule has 0 aliphatic heterocycles. The average Bonchev–Trinajstić information content (AvgIpc) is 3.31. The first-order valence-corrected chi connectivity index (χ1v) is 23.4. The van der Waals surface area contributed by atoms with E-state index >= 15 is 0 Å². The first-order valence-electron chi connectivity index (χ1n) is 19.3. The maximum absolute atomic E-state index is 13.1. The van der Waals surface area contributed by atoms with Crippen molar-refractivity contribution in [3.05, 3.63) is 188 Å². The normalized spacial score (nSPS) is 12.2. The number of aromatic nitrogens is 8. The van der Waals surface area contributed by atoms with Crippen LogP contribution in [0.15, 0.2) is 177 Å². The summed E-state index contributed by atoms with van der Waals surface area (Å²) in [6.45, 7) is 0. The number of amides is 1. The molecule has 9 rings (SSSR count). The van der Waals surface area contributed by atoms with Crippen molar-refractivity contribution in [2.75, 3.05) is 5.32 Å². The minimum atomic E-state index is -10.7. The van der Waals surface area contributed by atoms with Crippen LogP contribution in [0, 0.1) is 0 Å². The van der Waals surface area contributed by atoms with Gasteiger partial charge in [0.15, 0.2) is 0 Å². The summed E-state index contributed by atoms with van der Waals surface area (Å²) in [5.41, 5.74) is 6.95. The zero-order chi connectivity index (χ0) is 51.3. The van der Waals surface area contributed by atoms with E-state index in [0.29, 0.717) is 28.2 Å². The van der Waals surface area contributed by atoms with Crippen molar-refractivity contribution >= 4 is 55.0 Å². The van der Waals surface area contributed by atoms with Crippen molar-refractivity contribution in [2.24, 2.45) is 0 Å². The minimum Gasteiger partial charge on any atom is -0.478 e. The van der Waals surface area contributed by atoms with Crippen molar-refractivity contribution in [1.82, 2.24) is 39.9 Å². The van der Waals surface area contributed by atoms with Gasteiger partial charge in [-0.15, -0.1) is 0 Å². The molecule has 0 bridgehead atoms. The molecule has 9 aromatic rings. The van der Waals surface area contributed by atoms with Crippen LogP contribution in [0.3, 0.4) is 0 Å². The van der Waals surface area contributed by atoms with Crippen molar-refractivity contribution in [3.63, 3.8) is 0 Å². The minimum absolute atomic E-state index is 0. The maximum Gasteiger partial charge on any atom is 2.00 e. The number of anilines is 1. The van der Waals surface area contributed by atoms with Crippen LogP contribution in [0.4, 0.5) is 56.1 Å². The van der Waals surface area contributed by atoms with Crippen LogP contribution in [0.2, 0.25) is 0 Å². The Kier molecular flexibility index (Phi) is 21.3. The largest absolute Gasteiger partial charge is 2.00 e. The van der Waals surface area contributed by atoms with E-state index in [4.69, 9.17) is 0 Å². The van der Waals surface area contributed by atoms with E-state index in [1.165, 1.54) is 24.5 Å². The third-order valence-corrected chi connectivity index (χ3v) is 8.19. The fraction of sp³-hybridized carbons (Fsp3) is 0. The standard InChI is InChI=1S/C24H15N5O3.2C10H8N2.2F6P.3H2O.Ru/c30-23(15-5-9-25-19(12-15)20-13-16(24(31)32)6-10-26-20)29-18-11-14-3-1-7-27-21(14)22-17(18)4-2-8-28-22;2*1-3-7-11-9(5-1)10-6-2-4-8-12-10;2*1-7(2,3,4,5)6;;;;/h1-13H,(H,29,30)(H,31,32);2*1-8H;;;3*1H2;/q;;;2*-1;;;;+2. The van der Waals surface area contributed by atoms with Gasteiger partial charge in [-0.25, -0.2) is 4.79 Å². The van der Waals surface area contributed by atoms with Gasteiger partial charge in [0.05, 0.1) is 56.4 Å². The summed E-state index contributed by atoms with van der Waals surface area (Å²) >= 11 is 0. The summed E-state index contributed by atoms with van der Waals surface area (Å²) in [6, 6.07) is 38.5. The number of carbonyl (C=O) groups is 2. The number of hydrogen-bond donors (Lipinski definition) is 2. The van der Waals surface area contributed by atoms with Gasteiger partial charge in [0.2, 0.25) is 0 Å². The molecular weight excluding hydrogens is 1140 g/mol. The molecule has 1 amide bonds. The van der Waals surface area contributed by atoms with E-state index in [-0.39, 0.29) is 47.4 Å². The number of carbonyl (C=O) groups excluding carboxylic acids is 1. The zero-order valence-electron chi connectivity index (χ0n) is 36.9. The molecule has 0 spiro atoms. The molecule has 0 atom stereocenters.